The Kier molecular flexibility index (Phi) is 5.75. The van der Waals surface area contributed by atoms with Crippen molar-refractivity contribution in [3.05, 3.63) is 70.9 Å². The average molecular weight is 414 g/mol. The summed E-state index contributed by atoms with van der Waals surface area (Å²) in [5.74, 6) is -0.426. The molecule has 0 bridgehead atoms. The second-order valence-electron chi connectivity index (χ2n) is 6.75. The predicted octanol–water partition coefficient (Wildman–Crippen LogP) is 3.81. The van der Waals surface area contributed by atoms with Gasteiger partial charge in [0.1, 0.15) is 10.1 Å². The minimum atomic E-state index is -0.319. The van der Waals surface area contributed by atoms with Gasteiger partial charge in [-0.25, -0.2) is 4.39 Å². The van der Waals surface area contributed by atoms with Gasteiger partial charge in [0.25, 0.3) is 5.91 Å². The Morgan fingerprint density at radius 3 is 2.50 bits per heavy atom. The molecule has 0 aliphatic carbocycles. The highest BCUT2D eigenvalue weighted by Gasteiger charge is 2.33. The predicted molar refractivity (Wildman–Crippen MR) is 117 cm³/mol. The fourth-order valence-corrected chi connectivity index (χ4v) is 4.60. The molecule has 0 radical (unpaired) electrons. The summed E-state index contributed by atoms with van der Waals surface area (Å²) in [5.41, 5.74) is 1.89. The molecule has 2 heterocycles. The van der Waals surface area contributed by atoms with E-state index in [9.17, 15) is 9.18 Å². The van der Waals surface area contributed by atoms with E-state index in [2.05, 4.69) is 21.9 Å². The number of para-hydroxylation sites is 1. The molecule has 7 heteroatoms. The maximum atomic E-state index is 13.4. The van der Waals surface area contributed by atoms with Gasteiger partial charge in [-0.3, -0.25) is 14.6 Å². The Morgan fingerprint density at radius 1 is 1.04 bits per heavy atom. The normalized spacial score (nSPS) is 19.7. The summed E-state index contributed by atoms with van der Waals surface area (Å²) in [6.07, 6.45) is 1.70. The fraction of sp³-hybridized carbons (Fsp3) is 0.238. The second kappa shape index (κ2) is 8.43. The molecule has 4 nitrogen and oxygen atoms in total. The zero-order valence-electron chi connectivity index (χ0n) is 15.3. The number of carbonyl (C=O) groups is 1. The lowest BCUT2D eigenvalue weighted by molar-refractivity contribution is -0.123. The average Bonchev–Trinajstić information content (AvgIpc) is 2.97. The van der Waals surface area contributed by atoms with Crippen LogP contribution in [0.4, 0.5) is 10.1 Å². The molecule has 0 spiro atoms. The summed E-state index contributed by atoms with van der Waals surface area (Å²) >= 11 is 6.70. The third kappa shape index (κ3) is 4.27. The molecule has 0 aromatic heterocycles. The first-order valence-corrected chi connectivity index (χ1v) is 10.4. The van der Waals surface area contributed by atoms with E-state index in [1.807, 2.05) is 18.2 Å². The number of amides is 1. The van der Waals surface area contributed by atoms with Gasteiger partial charge in [-0.2, -0.15) is 0 Å². The van der Waals surface area contributed by atoms with Crippen LogP contribution in [0.5, 0.6) is 0 Å². The standard InChI is InChI=1S/C21H20FN3OS2/c22-17-6-4-5-16(13-17)14-19-20(26)25(21(27)28-19)15-23-9-11-24(12-10-23)18-7-2-1-3-8-18/h1-8,13-14H,9-12,15H2/b19-14+. The molecule has 144 valence electrons. The second-order valence-corrected chi connectivity index (χ2v) is 8.42. The van der Waals surface area contributed by atoms with Crippen molar-refractivity contribution in [3.63, 3.8) is 0 Å². The van der Waals surface area contributed by atoms with Gasteiger partial charge in [0.15, 0.2) is 0 Å². The Hall–Kier alpha value is -2.22. The highest BCUT2D eigenvalue weighted by Crippen LogP contribution is 2.33. The molecule has 2 aliphatic heterocycles. The Balaban J connectivity index is 1.38. The SMILES string of the molecule is O=C1/C(=C\c2cccc(F)c2)SC(=S)N1CN1CCN(c2ccccc2)CC1. The highest BCUT2D eigenvalue weighted by atomic mass is 32.2. The molecule has 2 saturated heterocycles. The Morgan fingerprint density at radius 2 is 1.79 bits per heavy atom. The van der Waals surface area contributed by atoms with Crippen molar-refractivity contribution >= 4 is 46.0 Å². The van der Waals surface area contributed by atoms with Crippen LogP contribution in [0.3, 0.4) is 0 Å². The zero-order chi connectivity index (χ0) is 19.5. The van der Waals surface area contributed by atoms with Gasteiger partial charge in [0, 0.05) is 31.9 Å². The zero-order valence-corrected chi connectivity index (χ0v) is 16.9. The number of thiocarbonyl (C=S) groups is 1. The third-order valence-electron chi connectivity index (χ3n) is 4.86. The van der Waals surface area contributed by atoms with Gasteiger partial charge in [-0.1, -0.05) is 54.3 Å². The number of thioether (sulfide) groups is 1. The van der Waals surface area contributed by atoms with Gasteiger partial charge < -0.3 is 4.90 Å². The summed E-state index contributed by atoms with van der Waals surface area (Å²) in [6.45, 7) is 4.06. The number of benzene rings is 2. The van der Waals surface area contributed by atoms with Crippen molar-refractivity contribution in [3.8, 4) is 0 Å². The molecule has 4 rings (SSSR count). The molecule has 0 N–H and O–H groups in total. The van der Waals surface area contributed by atoms with Crippen molar-refractivity contribution in [1.82, 2.24) is 9.80 Å². The lowest BCUT2D eigenvalue weighted by atomic mass is 10.2. The van der Waals surface area contributed by atoms with Crippen molar-refractivity contribution < 1.29 is 9.18 Å². The number of hydrogen-bond acceptors (Lipinski definition) is 5. The number of nitrogens with zero attached hydrogens (tertiary/aromatic N) is 3. The van der Waals surface area contributed by atoms with E-state index < -0.39 is 0 Å². The molecule has 28 heavy (non-hydrogen) atoms. The summed E-state index contributed by atoms with van der Waals surface area (Å²) in [5, 5.41) is 0. The first kappa shape index (κ1) is 19.1. The van der Waals surface area contributed by atoms with Gasteiger partial charge in [-0.05, 0) is 35.9 Å². The van der Waals surface area contributed by atoms with Gasteiger partial charge in [0.2, 0.25) is 0 Å². The van der Waals surface area contributed by atoms with E-state index in [-0.39, 0.29) is 11.7 Å². The molecule has 1 amide bonds. The highest BCUT2D eigenvalue weighted by molar-refractivity contribution is 8.26. The van der Waals surface area contributed by atoms with E-state index in [1.54, 1.807) is 23.1 Å². The van der Waals surface area contributed by atoms with Crippen LogP contribution in [0, 0.1) is 5.82 Å². The van der Waals surface area contributed by atoms with Gasteiger partial charge in [-0.15, -0.1) is 0 Å². The van der Waals surface area contributed by atoms with Crippen LogP contribution in [-0.2, 0) is 4.79 Å². The number of anilines is 1. The van der Waals surface area contributed by atoms with E-state index in [0.29, 0.717) is 21.5 Å². The number of rotatable bonds is 4. The Labute approximate surface area is 173 Å². The first-order valence-electron chi connectivity index (χ1n) is 9.13. The van der Waals surface area contributed by atoms with Crippen LogP contribution in [0.25, 0.3) is 6.08 Å². The monoisotopic (exact) mass is 413 g/mol. The third-order valence-corrected chi connectivity index (χ3v) is 6.23. The molecular formula is C21H20FN3OS2. The molecule has 2 aromatic rings. The number of carbonyl (C=O) groups excluding carboxylic acids is 1. The van der Waals surface area contributed by atoms with Crippen molar-refractivity contribution in [1.29, 1.82) is 0 Å². The largest absolute Gasteiger partial charge is 0.369 e. The van der Waals surface area contributed by atoms with Crippen LogP contribution >= 0.6 is 24.0 Å². The minimum Gasteiger partial charge on any atom is -0.369 e. The van der Waals surface area contributed by atoms with Crippen LogP contribution in [0.2, 0.25) is 0 Å². The molecule has 2 fully saturated rings. The smallest absolute Gasteiger partial charge is 0.267 e. The first-order chi connectivity index (χ1) is 13.6. The van der Waals surface area contributed by atoms with E-state index in [0.717, 1.165) is 26.2 Å². The maximum Gasteiger partial charge on any atom is 0.267 e. The summed E-state index contributed by atoms with van der Waals surface area (Å²) in [4.78, 5) is 19.6. The lowest BCUT2D eigenvalue weighted by Gasteiger charge is -2.37. The molecule has 0 unspecified atom stereocenters. The summed E-state index contributed by atoms with van der Waals surface area (Å²) in [7, 11) is 0. The van der Waals surface area contributed by atoms with Crippen LogP contribution < -0.4 is 4.90 Å². The molecule has 2 aromatic carbocycles. The van der Waals surface area contributed by atoms with Gasteiger partial charge >= 0.3 is 0 Å². The molecule has 2 aliphatic rings. The lowest BCUT2D eigenvalue weighted by Crippen LogP contribution is -2.50. The Bertz CT molecular complexity index is 911. The van der Waals surface area contributed by atoms with Crippen LogP contribution in [0.15, 0.2) is 59.5 Å². The van der Waals surface area contributed by atoms with E-state index in [1.165, 1.54) is 29.6 Å². The minimum absolute atomic E-state index is 0.107. The van der Waals surface area contributed by atoms with E-state index >= 15 is 0 Å². The fourth-order valence-electron chi connectivity index (χ4n) is 3.36. The summed E-state index contributed by atoms with van der Waals surface area (Å²) < 4.78 is 13.9. The quantitative estimate of drug-likeness (QED) is 0.561. The van der Waals surface area contributed by atoms with Crippen LogP contribution in [0.1, 0.15) is 5.56 Å². The van der Waals surface area contributed by atoms with Crippen LogP contribution in [-0.4, -0.2) is 52.9 Å². The maximum absolute atomic E-state index is 13.4. The summed E-state index contributed by atoms with van der Waals surface area (Å²) in [6, 6.07) is 16.6. The number of hydrogen-bond donors (Lipinski definition) is 0. The topological polar surface area (TPSA) is 26.8 Å². The molecular weight excluding hydrogens is 393 g/mol. The van der Waals surface area contributed by atoms with Gasteiger partial charge in [0.05, 0.1) is 11.6 Å². The molecule has 0 atom stereocenters. The number of piperazine rings is 1. The van der Waals surface area contributed by atoms with E-state index in [4.69, 9.17) is 12.2 Å². The van der Waals surface area contributed by atoms with Crippen molar-refractivity contribution in [2.75, 3.05) is 37.7 Å². The number of halogens is 1. The molecule has 0 saturated carbocycles. The van der Waals surface area contributed by atoms with Crippen molar-refractivity contribution in [2.45, 2.75) is 0 Å². The van der Waals surface area contributed by atoms with Crippen molar-refractivity contribution in [2.24, 2.45) is 0 Å².